The third kappa shape index (κ3) is 5.12. The fourth-order valence-electron chi connectivity index (χ4n) is 3.95. The second kappa shape index (κ2) is 9.05. The monoisotopic (exact) mass is 393 g/mol. The first-order valence-electron chi connectivity index (χ1n) is 10.2. The summed E-state index contributed by atoms with van der Waals surface area (Å²) in [6.45, 7) is 3.03. The van der Waals surface area contributed by atoms with Gasteiger partial charge in [0.1, 0.15) is 23.9 Å². The molecule has 0 radical (unpaired) electrons. The van der Waals surface area contributed by atoms with E-state index >= 15 is 0 Å². The normalized spacial score (nSPS) is 18.7. The highest BCUT2D eigenvalue weighted by Gasteiger charge is 2.27. The fourth-order valence-corrected chi connectivity index (χ4v) is 3.95. The van der Waals surface area contributed by atoms with Gasteiger partial charge in [0.15, 0.2) is 0 Å². The third-order valence-corrected chi connectivity index (χ3v) is 5.44. The molecule has 1 aliphatic rings. The molecule has 1 unspecified atom stereocenters. The molecule has 29 heavy (non-hydrogen) atoms. The van der Waals surface area contributed by atoms with Gasteiger partial charge in [-0.2, -0.15) is 0 Å². The van der Waals surface area contributed by atoms with Crippen molar-refractivity contribution < 1.29 is 18.5 Å². The van der Waals surface area contributed by atoms with Gasteiger partial charge < -0.3 is 14.6 Å². The molecule has 1 fully saturated rings. The van der Waals surface area contributed by atoms with Gasteiger partial charge >= 0.3 is 0 Å². The first-order chi connectivity index (χ1) is 14.2. The second-order valence-corrected chi connectivity index (χ2v) is 7.67. The summed E-state index contributed by atoms with van der Waals surface area (Å²) in [5, 5.41) is 3.15. The van der Waals surface area contributed by atoms with Crippen molar-refractivity contribution in [2.24, 2.45) is 0 Å². The van der Waals surface area contributed by atoms with Crippen molar-refractivity contribution in [3.63, 3.8) is 0 Å². The zero-order valence-electron chi connectivity index (χ0n) is 16.4. The molecule has 1 aliphatic heterocycles. The van der Waals surface area contributed by atoms with Gasteiger partial charge in [0.05, 0.1) is 24.7 Å². The van der Waals surface area contributed by atoms with Crippen molar-refractivity contribution in [2.45, 2.75) is 31.8 Å². The average Bonchev–Trinajstić information content (AvgIpc) is 3.37. The van der Waals surface area contributed by atoms with Gasteiger partial charge in [0, 0.05) is 24.8 Å². The molecule has 1 aromatic heterocycles. The Kier molecular flexibility index (Phi) is 6.06. The lowest BCUT2D eigenvalue weighted by atomic mass is 10.1. The number of nitrogens with one attached hydrogen (secondary N) is 2. The minimum absolute atomic E-state index is 0.0415. The van der Waals surface area contributed by atoms with E-state index in [0.29, 0.717) is 29.9 Å². The van der Waals surface area contributed by atoms with E-state index in [1.807, 2.05) is 12.1 Å². The highest BCUT2D eigenvalue weighted by Crippen LogP contribution is 2.25. The van der Waals surface area contributed by atoms with Crippen LogP contribution >= 0.6 is 0 Å². The van der Waals surface area contributed by atoms with Gasteiger partial charge in [-0.15, -0.1) is 0 Å². The Balaban J connectivity index is 1.23. The standard InChI is InChI=1S/C24H25FN2O2/c25-22-9-5-4-8-21(22)23-12-10-20(29-23)11-13-24(28)26-19-14-15-27(17-19)16-18-6-2-1-3-7-18/h1-10,12,19H,11,13-17H2,(H,26,28)/p+1/t19-/m1/s1. The summed E-state index contributed by atoms with van der Waals surface area (Å²) in [7, 11) is 0. The molecule has 3 aromatic rings. The number of carbonyl (C=O) groups is 1. The summed E-state index contributed by atoms with van der Waals surface area (Å²) in [6, 6.07) is 20.8. The molecule has 5 heteroatoms. The molecule has 2 atom stereocenters. The van der Waals surface area contributed by atoms with Gasteiger partial charge in [0.2, 0.25) is 5.91 Å². The van der Waals surface area contributed by atoms with Crippen LogP contribution in [-0.2, 0) is 17.8 Å². The summed E-state index contributed by atoms with van der Waals surface area (Å²) < 4.78 is 19.6. The molecule has 1 saturated heterocycles. The van der Waals surface area contributed by atoms with E-state index in [1.54, 1.807) is 24.3 Å². The third-order valence-electron chi connectivity index (χ3n) is 5.44. The predicted octanol–water partition coefficient (Wildman–Crippen LogP) is 2.99. The van der Waals surface area contributed by atoms with Crippen LogP contribution in [0, 0.1) is 5.82 Å². The van der Waals surface area contributed by atoms with Crippen LogP contribution in [0.15, 0.2) is 71.1 Å². The van der Waals surface area contributed by atoms with Crippen molar-refractivity contribution >= 4 is 5.91 Å². The first kappa shape index (κ1) is 19.4. The Labute approximate surface area is 170 Å². The van der Waals surface area contributed by atoms with Gasteiger partial charge in [-0.05, 0) is 24.3 Å². The van der Waals surface area contributed by atoms with Crippen molar-refractivity contribution in [1.29, 1.82) is 0 Å². The SMILES string of the molecule is O=C(CCc1ccc(-c2ccccc2F)o1)N[C@@H]1CC[NH+](Cc2ccccc2)C1. The molecule has 0 aliphatic carbocycles. The van der Waals surface area contributed by atoms with E-state index in [2.05, 4.69) is 29.6 Å². The highest BCUT2D eigenvalue weighted by atomic mass is 19.1. The molecule has 4 nitrogen and oxygen atoms in total. The smallest absolute Gasteiger partial charge is 0.220 e. The number of likely N-dealkylation sites (tertiary alicyclic amines) is 1. The molecule has 0 saturated carbocycles. The van der Waals surface area contributed by atoms with Crippen LogP contribution < -0.4 is 10.2 Å². The average molecular weight is 393 g/mol. The van der Waals surface area contributed by atoms with Crippen LogP contribution in [0.2, 0.25) is 0 Å². The Morgan fingerprint density at radius 2 is 1.86 bits per heavy atom. The first-order valence-corrected chi connectivity index (χ1v) is 10.2. The number of hydrogen-bond acceptors (Lipinski definition) is 2. The number of amides is 1. The maximum Gasteiger partial charge on any atom is 0.220 e. The molecule has 2 N–H and O–H groups in total. The van der Waals surface area contributed by atoms with Crippen molar-refractivity contribution in [1.82, 2.24) is 5.32 Å². The molecule has 0 bridgehead atoms. The number of hydrogen-bond donors (Lipinski definition) is 2. The van der Waals surface area contributed by atoms with Crippen LogP contribution in [0.5, 0.6) is 0 Å². The molecule has 2 heterocycles. The van der Waals surface area contributed by atoms with Crippen LogP contribution in [0.4, 0.5) is 4.39 Å². The van der Waals surface area contributed by atoms with Gasteiger partial charge in [-0.3, -0.25) is 4.79 Å². The summed E-state index contributed by atoms with van der Waals surface area (Å²) >= 11 is 0. The molecule has 2 aromatic carbocycles. The molecule has 4 rings (SSSR count). The minimum Gasteiger partial charge on any atom is -0.461 e. The van der Waals surface area contributed by atoms with E-state index in [9.17, 15) is 9.18 Å². The topological polar surface area (TPSA) is 46.7 Å². The maximum atomic E-state index is 13.9. The molecule has 1 amide bonds. The Morgan fingerprint density at radius 3 is 2.69 bits per heavy atom. The number of furan rings is 1. The Bertz CT molecular complexity index is 954. The molecule has 150 valence electrons. The lowest BCUT2D eigenvalue weighted by Crippen LogP contribution is -3.09. The lowest BCUT2D eigenvalue weighted by Gasteiger charge is -2.14. The summed E-state index contributed by atoms with van der Waals surface area (Å²) in [6.07, 6.45) is 1.88. The number of carbonyl (C=O) groups excluding carboxylic acids is 1. The number of rotatable bonds is 7. The van der Waals surface area contributed by atoms with Gasteiger partial charge in [-0.1, -0.05) is 42.5 Å². The van der Waals surface area contributed by atoms with E-state index in [1.165, 1.54) is 16.5 Å². The zero-order chi connectivity index (χ0) is 20.1. The Hall–Kier alpha value is -2.92. The van der Waals surface area contributed by atoms with E-state index in [-0.39, 0.29) is 17.8 Å². The molecule has 0 spiro atoms. The van der Waals surface area contributed by atoms with Crippen molar-refractivity contribution in [3.05, 3.63) is 83.9 Å². The van der Waals surface area contributed by atoms with E-state index < -0.39 is 0 Å². The summed E-state index contributed by atoms with van der Waals surface area (Å²) in [5.41, 5.74) is 1.77. The molecular weight excluding hydrogens is 367 g/mol. The van der Waals surface area contributed by atoms with Crippen LogP contribution in [0.25, 0.3) is 11.3 Å². The molecular formula is C24H26FN2O2+. The van der Waals surface area contributed by atoms with E-state index in [0.717, 1.165) is 26.1 Å². The van der Waals surface area contributed by atoms with E-state index in [4.69, 9.17) is 4.42 Å². The van der Waals surface area contributed by atoms with Crippen molar-refractivity contribution in [3.8, 4) is 11.3 Å². The second-order valence-electron chi connectivity index (χ2n) is 7.67. The number of quaternary nitrogens is 1. The quantitative estimate of drug-likeness (QED) is 0.648. The van der Waals surface area contributed by atoms with Gasteiger partial charge in [0.25, 0.3) is 0 Å². The lowest BCUT2D eigenvalue weighted by molar-refractivity contribution is -0.901. The highest BCUT2D eigenvalue weighted by molar-refractivity contribution is 5.76. The zero-order valence-corrected chi connectivity index (χ0v) is 16.4. The van der Waals surface area contributed by atoms with Crippen molar-refractivity contribution in [2.75, 3.05) is 13.1 Å². The number of aryl methyl sites for hydroxylation is 1. The summed E-state index contributed by atoms with van der Waals surface area (Å²) in [4.78, 5) is 13.8. The summed E-state index contributed by atoms with van der Waals surface area (Å²) in [5.74, 6) is 0.922. The predicted molar refractivity (Wildman–Crippen MR) is 110 cm³/mol. The fraction of sp³-hybridized carbons (Fsp3) is 0.292. The van der Waals surface area contributed by atoms with Crippen LogP contribution in [0.3, 0.4) is 0 Å². The van der Waals surface area contributed by atoms with Gasteiger partial charge in [-0.25, -0.2) is 4.39 Å². The number of halogens is 1. The number of benzene rings is 2. The minimum atomic E-state index is -0.310. The van der Waals surface area contributed by atoms with Crippen LogP contribution in [0.1, 0.15) is 24.2 Å². The largest absolute Gasteiger partial charge is 0.461 e. The Morgan fingerprint density at radius 1 is 1.07 bits per heavy atom. The van der Waals surface area contributed by atoms with Crippen LogP contribution in [-0.4, -0.2) is 25.0 Å². The maximum absolute atomic E-state index is 13.9.